The molecule has 0 bridgehead atoms. The minimum Gasteiger partial charge on any atom is -0.314 e. The lowest BCUT2D eigenvalue weighted by molar-refractivity contribution is 0.179. The quantitative estimate of drug-likeness (QED) is 0.792. The Morgan fingerprint density at radius 2 is 1.82 bits per heavy atom. The third kappa shape index (κ3) is 3.96. The first-order valence-electron chi connectivity index (χ1n) is 7.43. The van der Waals surface area contributed by atoms with Crippen LogP contribution in [0.15, 0.2) is 0 Å². The van der Waals surface area contributed by atoms with Crippen LogP contribution >= 0.6 is 0 Å². The van der Waals surface area contributed by atoms with Crippen LogP contribution in [0.25, 0.3) is 0 Å². The van der Waals surface area contributed by atoms with Gasteiger partial charge in [-0.25, -0.2) is 0 Å². The van der Waals surface area contributed by atoms with Crippen molar-refractivity contribution in [1.29, 1.82) is 0 Å². The van der Waals surface area contributed by atoms with Crippen molar-refractivity contribution < 1.29 is 0 Å². The van der Waals surface area contributed by atoms with Gasteiger partial charge in [0.1, 0.15) is 0 Å². The number of rotatable bonds is 5. The van der Waals surface area contributed by atoms with E-state index in [9.17, 15) is 0 Å². The van der Waals surface area contributed by atoms with Gasteiger partial charge in [0, 0.05) is 12.6 Å². The van der Waals surface area contributed by atoms with Crippen LogP contribution in [0, 0.1) is 17.3 Å². The first-order valence-corrected chi connectivity index (χ1v) is 7.43. The summed E-state index contributed by atoms with van der Waals surface area (Å²) in [5, 5.41) is 3.79. The smallest absolute Gasteiger partial charge is 0.00915 e. The molecule has 0 amide bonds. The van der Waals surface area contributed by atoms with Crippen molar-refractivity contribution in [3.8, 4) is 0 Å². The molecule has 1 saturated carbocycles. The molecule has 1 unspecified atom stereocenters. The predicted octanol–water partition coefficient (Wildman–Crippen LogP) is 2.74. The van der Waals surface area contributed by atoms with Gasteiger partial charge in [-0.15, -0.1) is 0 Å². The Labute approximate surface area is 107 Å². The van der Waals surface area contributed by atoms with Crippen LogP contribution < -0.4 is 5.32 Å². The molecule has 1 aliphatic carbocycles. The van der Waals surface area contributed by atoms with E-state index in [2.05, 4.69) is 37.9 Å². The highest BCUT2D eigenvalue weighted by atomic mass is 15.1. The van der Waals surface area contributed by atoms with Crippen molar-refractivity contribution in [2.45, 2.75) is 53.0 Å². The van der Waals surface area contributed by atoms with Crippen molar-refractivity contribution >= 4 is 0 Å². The van der Waals surface area contributed by atoms with Crippen LogP contribution in [-0.4, -0.2) is 37.1 Å². The van der Waals surface area contributed by atoms with Gasteiger partial charge in [0.2, 0.25) is 0 Å². The van der Waals surface area contributed by atoms with Crippen LogP contribution in [0.5, 0.6) is 0 Å². The molecule has 0 aromatic heterocycles. The summed E-state index contributed by atoms with van der Waals surface area (Å²) in [5.41, 5.74) is 0.630. The normalized spacial score (nSPS) is 29.8. The number of hydrogen-bond donors (Lipinski definition) is 1. The van der Waals surface area contributed by atoms with Crippen molar-refractivity contribution in [2.75, 3.05) is 26.2 Å². The minimum absolute atomic E-state index is 0.630. The second-order valence-corrected chi connectivity index (χ2v) is 7.27. The van der Waals surface area contributed by atoms with Gasteiger partial charge in [-0.2, -0.15) is 0 Å². The van der Waals surface area contributed by atoms with Crippen LogP contribution in [-0.2, 0) is 0 Å². The van der Waals surface area contributed by atoms with Gasteiger partial charge in [0.25, 0.3) is 0 Å². The number of nitrogens with one attached hydrogen (secondary N) is 1. The van der Waals surface area contributed by atoms with E-state index in [1.54, 1.807) is 0 Å². The first kappa shape index (κ1) is 13.4. The zero-order valence-electron chi connectivity index (χ0n) is 12.1. The summed E-state index contributed by atoms with van der Waals surface area (Å²) in [5.74, 6) is 1.75. The fourth-order valence-corrected chi connectivity index (χ4v) is 3.07. The lowest BCUT2D eigenvalue weighted by atomic mass is 10.0. The first-order chi connectivity index (χ1) is 7.97. The zero-order valence-corrected chi connectivity index (χ0v) is 12.1. The summed E-state index contributed by atoms with van der Waals surface area (Å²) in [6, 6.07) is 0.787. The van der Waals surface area contributed by atoms with E-state index in [1.165, 1.54) is 45.4 Å². The van der Waals surface area contributed by atoms with E-state index in [-0.39, 0.29) is 0 Å². The van der Waals surface area contributed by atoms with Gasteiger partial charge < -0.3 is 10.2 Å². The van der Waals surface area contributed by atoms with E-state index in [4.69, 9.17) is 0 Å². The molecule has 0 radical (unpaired) electrons. The van der Waals surface area contributed by atoms with Gasteiger partial charge >= 0.3 is 0 Å². The number of piperidine rings is 1. The van der Waals surface area contributed by atoms with E-state index in [0.717, 1.165) is 17.9 Å². The summed E-state index contributed by atoms with van der Waals surface area (Å²) in [6.07, 6.45) is 4.12. The SMILES string of the molecule is CC(C)CN1CCC(NCC2CC2(C)C)CC1. The number of hydrogen-bond acceptors (Lipinski definition) is 2. The van der Waals surface area contributed by atoms with Crippen LogP contribution in [0.2, 0.25) is 0 Å². The average Bonchev–Trinajstić information content (AvgIpc) is 2.85. The summed E-state index contributed by atoms with van der Waals surface area (Å²) < 4.78 is 0. The Hall–Kier alpha value is -0.0800. The lowest BCUT2D eigenvalue weighted by Gasteiger charge is -2.33. The topological polar surface area (TPSA) is 15.3 Å². The molecule has 1 aliphatic heterocycles. The van der Waals surface area contributed by atoms with Gasteiger partial charge in [-0.3, -0.25) is 0 Å². The summed E-state index contributed by atoms with van der Waals surface area (Å²) in [4.78, 5) is 2.63. The molecular weight excluding hydrogens is 208 g/mol. The van der Waals surface area contributed by atoms with Crippen LogP contribution in [0.4, 0.5) is 0 Å². The average molecular weight is 238 g/mol. The second kappa shape index (κ2) is 5.27. The van der Waals surface area contributed by atoms with Gasteiger partial charge in [0.05, 0.1) is 0 Å². The second-order valence-electron chi connectivity index (χ2n) is 7.27. The third-order valence-corrected chi connectivity index (χ3v) is 4.58. The summed E-state index contributed by atoms with van der Waals surface area (Å²) in [7, 11) is 0. The van der Waals surface area contributed by atoms with E-state index < -0.39 is 0 Å². The fourth-order valence-electron chi connectivity index (χ4n) is 3.07. The Morgan fingerprint density at radius 1 is 1.24 bits per heavy atom. The molecule has 0 aromatic rings. The number of nitrogens with zero attached hydrogens (tertiary/aromatic N) is 1. The highest BCUT2D eigenvalue weighted by Gasteiger charge is 2.45. The Kier molecular flexibility index (Phi) is 4.14. The lowest BCUT2D eigenvalue weighted by Crippen LogP contribution is -2.44. The molecule has 0 spiro atoms. The van der Waals surface area contributed by atoms with E-state index >= 15 is 0 Å². The third-order valence-electron chi connectivity index (χ3n) is 4.58. The van der Waals surface area contributed by atoms with Gasteiger partial charge in [-0.1, -0.05) is 27.7 Å². The highest BCUT2D eigenvalue weighted by molar-refractivity contribution is 4.96. The predicted molar refractivity (Wildman–Crippen MR) is 74.2 cm³/mol. The molecule has 17 heavy (non-hydrogen) atoms. The van der Waals surface area contributed by atoms with Crippen LogP contribution in [0.1, 0.15) is 47.0 Å². The Morgan fingerprint density at radius 3 is 2.29 bits per heavy atom. The molecule has 1 atom stereocenters. The standard InChI is InChI=1S/C15H30N2/c1-12(2)11-17-7-5-14(6-8-17)16-10-13-9-15(13,3)4/h12-14,16H,5-11H2,1-4H3. The van der Waals surface area contributed by atoms with Gasteiger partial charge in [0.15, 0.2) is 0 Å². The van der Waals surface area contributed by atoms with E-state index in [0.29, 0.717) is 5.41 Å². The Balaban J connectivity index is 1.59. The largest absolute Gasteiger partial charge is 0.314 e. The molecule has 2 rings (SSSR count). The van der Waals surface area contributed by atoms with Crippen molar-refractivity contribution in [1.82, 2.24) is 10.2 Å². The van der Waals surface area contributed by atoms with Crippen LogP contribution in [0.3, 0.4) is 0 Å². The monoisotopic (exact) mass is 238 g/mol. The maximum Gasteiger partial charge on any atom is 0.00915 e. The maximum atomic E-state index is 3.79. The zero-order chi connectivity index (χ0) is 12.5. The van der Waals surface area contributed by atoms with Crippen molar-refractivity contribution in [2.24, 2.45) is 17.3 Å². The molecule has 1 saturated heterocycles. The maximum absolute atomic E-state index is 3.79. The van der Waals surface area contributed by atoms with Crippen molar-refractivity contribution in [3.63, 3.8) is 0 Å². The molecule has 0 aromatic carbocycles. The molecular formula is C15H30N2. The summed E-state index contributed by atoms with van der Waals surface area (Å²) >= 11 is 0. The molecule has 1 N–H and O–H groups in total. The molecule has 2 aliphatic rings. The molecule has 100 valence electrons. The highest BCUT2D eigenvalue weighted by Crippen LogP contribution is 2.51. The number of likely N-dealkylation sites (tertiary alicyclic amines) is 1. The molecule has 1 heterocycles. The molecule has 2 heteroatoms. The van der Waals surface area contributed by atoms with Gasteiger partial charge in [-0.05, 0) is 56.1 Å². The summed E-state index contributed by atoms with van der Waals surface area (Å²) in [6.45, 7) is 14.5. The molecule has 2 fully saturated rings. The van der Waals surface area contributed by atoms with Crippen molar-refractivity contribution in [3.05, 3.63) is 0 Å². The fraction of sp³-hybridized carbons (Fsp3) is 1.00. The Bertz CT molecular complexity index is 239. The van der Waals surface area contributed by atoms with E-state index in [1.807, 2.05) is 0 Å². The molecule has 2 nitrogen and oxygen atoms in total. The minimum atomic E-state index is 0.630.